The van der Waals surface area contributed by atoms with Gasteiger partial charge in [0.15, 0.2) is 11.0 Å². The minimum atomic E-state index is -0.182. The smallest absolute Gasteiger partial charge is 0.174 e. The van der Waals surface area contributed by atoms with E-state index in [0.29, 0.717) is 5.84 Å². The van der Waals surface area contributed by atoms with Crippen LogP contribution in [-0.4, -0.2) is 25.3 Å². The number of oxime groups is 1. The Kier molecular flexibility index (Phi) is 1.44. The number of aromatic nitrogens is 2. The average Bonchev–Trinajstić information content (AvgIpc) is 2.43. The van der Waals surface area contributed by atoms with Gasteiger partial charge in [-0.1, -0.05) is 16.9 Å². The molecule has 2 heterocycles. The van der Waals surface area contributed by atoms with Gasteiger partial charge in [-0.15, -0.1) is 0 Å². The second kappa shape index (κ2) is 2.26. The molecule has 0 atom stereocenters. The van der Waals surface area contributed by atoms with Crippen LogP contribution in [-0.2, 0) is 0 Å². The number of fused-ring (bicyclic) bond motifs is 1. The third-order valence-corrected chi connectivity index (χ3v) is 2.99. The molecule has 2 rings (SSSR count). The lowest BCUT2D eigenvalue weighted by atomic mass is 10.2. The standard InChI is InChI=1S/C7H9N3OS/c1-7(2)5(9-11)10-4-3-8-6(10)12-7/h3-4,11H,1-2H3. The molecule has 1 N–H and O–H groups in total. The lowest BCUT2D eigenvalue weighted by molar-refractivity contribution is 0.314. The quantitative estimate of drug-likeness (QED) is 0.488. The van der Waals surface area contributed by atoms with Gasteiger partial charge in [0.05, 0.1) is 4.75 Å². The molecule has 12 heavy (non-hydrogen) atoms. The van der Waals surface area contributed by atoms with E-state index in [1.54, 1.807) is 28.7 Å². The summed E-state index contributed by atoms with van der Waals surface area (Å²) in [7, 11) is 0. The van der Waals surface area contributed by atoms with E-state index < -0.39 is 0 Å². The SMILES string of the molecule is CC1(C)Sc2nccn2C1=NO. The van der Waals surface area contributed by atoms with Crippen molar-refractivity contribution >= 4 is 17.6 Å². The summed E-state index contributed by atoms with van der Waals surface area (Å²) >= 11 is 1.59. The summed E-state index contributed by atoms with van der Waals surface area (Å²) in [6.45, 7) is 4.00. The molecule has 0 spiro atoms. The highest BCUT2D eigenvalue weighted by molar-refractivity contribution is 8.01. The molecule has 0 saturated heterocycles. The first-order valence-corrected chi connectivity index (χ1v) is 4.42. The molecule has 4 nitrogen and oxygen atoms in total. The molecule has 5 heteroatoms. The number of imidazole rings is 1. The highest BCUT2D eigenvalue weighted by Crippen LogP contribution is 2.39. The van der Waals surface area contributed by atoms with Gasteiger partial charge >= 0.3 is 0 Å². The predicted octanol–water partition coefficient (Wildman–Crippen LogP) is 1.40. The van der Waals surface area contributed by atoms with Crippen molar-refractivity contribution < 1.29 is 5.21 Å². The van der Waals surface area contributed by atoms with E-state index in [9.17, 15) is 0 Å². The molecule has 0 amide bonds. The second-order valence-corrected chi connectivity index (χ2v) is 4.71. The molecule has 0 aromatic carbocycles. The van der Waals surface area contributed by atoms with Crippen LogP contribution in [0, 0.1) is 0 Å². The summed E-state index contributed by atoms with van der Waals surface area (Å²) in [5.74, 6) is 0.639. The van der Waals surface area contributed by atoms with E-state index in [0.717, 1.165) is 5.16 Å². The van der Waals surface area contributed by atoms with Gasteiger partial charge in [0.1, 0.15) is 0 Å². The van der Waals surface area contributed by atoms with Crippen LogP contribution in [0.3, 0.4) is 0 Å². The first-order valence-electron chi connectivity index (χ1n) is 3.60. The van der Waals surface area contributed by atoms with E-state index in [1.165, 1.54) is 0 Å². The van der Waals surface area contributed by atoms with Crippen molar-refractivity contribution in [2.75, 3.05) is 0 Å². The third kappa shape index (κ3) is 0.859. The van der Waals surface area contributed by atoms with Crippen LogP contribution in [0.1, 0.15) is 13.8 Å². The Bertz CT molecular complexity index is 342. The van der Waals surface area contributed by atoms with Crippen molar-refractivity contribution in [3.63, 3.8) is 0 Å². The van der Waals surface area contributed by atoms with Gasteiger partial charge in [-0.25, -0.2) is 4.98 Å². The van der Waals surface area contributed by atoms with E-state index in [-0.39, 0.29) is 4.75 Å². The molecule has 1 aliphatic heterocycles. The zero-order valence-corrected chi connectivity index (χ0v) is 7.67. The number of rotatable bonds is 0. The number of nitrogens with zero attached hydrogens (tertiary/aromatic N) is 3. The van der Waals surface area contributed by atoms with Gasteiger partial charge in [0.25, 0.3) is 0 Å². The molecule has 1 aliphatic rings. The van der Waals surface area contributed by atoms with Crippen molar-refractivity contribution in [2.24, 2.45) is 5.16 Å². The van der Waals surface area contributed by atoms with Gasteiger partial charge in [-0.05, 0) is 13.8 Å². The Labute approximate surface area is 74.3 Å². The molecule has 0 fully saturated rings. The van der Waals surface area contributed by atoms with Crippen LogP contribution in [0.2, 0.25) is 0 Å². The topological polar surface area (TPSA) is 50.4 Å². The van der Waals surface area contributed by atoms with Crippen LogP contribution >= 0.6 is 11.8 Å². The van der Waals surface area contributed by atoms with Crippen LogP contribution < -0.4 is 0 Å². The fourth-order valence-corrected chi connectivity index (χ4v) is 2.31. The zero-order valence-electron chi connectivity index (χ0n) is 6.85. The third-order valence-electron chi connectivity index (χ3n) is 1.81. The number of hydrogen-bond acceptors (Lipinski definition) is 4. The molecule has 64 valence electrons. The van der Waals surface area contributed by atoms with Crippen LogP contribution in [0.4, 0.5) is 0 Å². The van der Waals surface area contributed by atoms with Crippen molar-refractivity contribution in [1.82, 2.24) is 9.55 Å². The first kappa shape index (κ1) is 7.67. The van der Waals surface area contributed by atoms with E-state index in [4.69, 9.17) is 5.21 Å². The normalized spacial score (nSPS) is 23.0. The van der Waals surface area contributed by atoms with Gasteiger partial charge in [-0.2, -0.15) is 0 Å². The fourth-order valence-electron chi connectivity index (χ4n) is 1.26. The van der Waals surface area contributed by atoms with Crippen LogP contribution in [0.5, 0.6) is 0 Å². The largest absolute Gasteiger partial charge is 0.409 e. The molecular formula is C7H9N3OS. The Morgan fingerprint density at radius 1 is 1.67 bits per heavy atom. The Morgan fingerprint density at radius 3 is 3.08 bits per heavy atom. The lowest BCUT2D eigenvalue weighted by Crippen LogP contribution is -2.27. The molecule has 0 aliphatic carbocycles. The molecule has 1 aromatic heterocycles. The molecule has 1 aromatic rings. The zero-order chi connectivity index (χ0) is 8.77. The Balaban J connectivity index is 2.56. The minimum absolute atomic E-state index is 0.182. The summed E-state index contributed by atoms with van der Waals surface area (Å²) in [4.78, 5) is 4.12. The molecule has 0 saturated carbocycles. The van der Waals surface area contributed by atoms with Crippen molar-refractivity contribution in [2.45, 2.75) is 23.8 Å². The van der Waals surface area contributed by atoms with Crippen LogP contribution in [0.25, 0.3) is 0 Å². The van der Waals surface area contributed by atoms with Crippen molar-refractivity contribution in [1.29, 1.82) is 0 Å². The lowest BCUT2D eigenvalue weighted by Gasteiger charge is -2.14. The summed E-state index contributed by atoms with van der Waals surface area (Å²) in [6, 6.07) is 0. The van der Waals surface area contributed by atoms with Gasteiger partial charge in [0.2, 0.25) is 0 Å². The predicted molar refractivity (Wildman–Crippen MR) is 46.8 cm³/mol. The fraction of sp³-hybridized carbons (Fsp3) is 0.429. The Morgan fingerprint density at radius 2 is 2.42 bits per heavy atom. The molecular weight excluding hydrogens is 174 g/mol. The summed E-state index contributed by atoms with van der Waals surface area (Å²) in [5, 5.41) is 12.9. The van der Waals surface area contributed by atoms with E-state index in [2.05, 4.69) is 10.1 Å². The average molecular weight is 183 g/mol. The molecule has 0 unspecified atom stereocenters. The number of thioether (sulfide) groups is 1. The summed E-state index contributed by atoms with van der Waals surface area (Å²) in [6.07, 6.45) is 3.49. The highest BCUT2D eigenvalue weighted by atomic mass is 32.2. The maximum absolute atomic E-state index is 8.79. The Hall–Kier alpha value is -0.970. The highest BCUT2D eigenvalue weighted by Gasteiger charge is 2.37. The number of hydrogen-bond donors (Lipinski definition) is 1. The maximum atomic E-state index is 8.79. The molecule has 0 bridgehead atoms. The van der Waals surface area contributed by atoms with E-state index in [1.807, 2.05) is 13.8 Å². The molecule has 0 radical (unpaired) electrons. The first-order chi connectivity index (χ1) is 5.65. The van der Waals surface area contributed by atoms with Crippen molar-refractivity contribution in [3.05, 3.63) is 12.4 Å². The second-order valence-electron chi connectivity index (χ2n) is 3.12. The van der Waals surface area contributed by atoms with Crippen LogP contribution in [0.15, 0.2) is 22.7 Å². The monoisotopic (exact) mass is 183 g/mol. The maximum Gasteiger partial charge on any atom is 0.174 e. The van der Waals surface area contributed by atoms with Gasteiger partial charge < -0.3 is 5.21 Å². The summed E-state index contributed by atoms with van der Waals surface area (Å²) < 4.78 is 1.61. The van der Waals surface area contributed by atoms with Gasteiger partial charge in [0, 0.05) is 12.4 Å². The van der Waals surface area contributed by atoms with Crippen molar-refractivity contribution in [3.8, 4) is 0 Å². The van der Waals surface area contributed by atoms with Gasteiger partial charge in [-0.3, -0.25) is 4.57 Å². The minimum Gasteiger partial charge on any atom is -0.409 e. The van der Waals surface area contributed by atoms with E-state index >= 15 is 0 Å². The summed E-state index contributed by atoms with van der Waals surface area (Å²) in [5.41, 5.74) is 0.